The van der Waals surface area contributed by atoms with Gasteiger partial charge < -0.3 is 25.0 Å². The Morgan fingerprint density at radius 3 is 2.09 bits per heavy atom. The standard InChI is InChI=1S/C29H31F3N8O2.2C2HF3O2/c1-27(2,41)19-11-23(29(30,31)32)38-24(12-19)42-21-5-3-20(4-6-21)39-15-28(16-39,8-9-33)40-14-18(13-37-40)25-22-7-10-34-26(22)36-17-35-25;2*3-2(4,5)1(6)7/h7,10-14,17,20-21,41H,3-6,8,15-16H2,1-2H3,(H,34,35,36);2*(H,6,7)/t20-,21+;;. The van der Waals surface area contributed by atoms with E-state index in [0.29, 0.717) is 32.4 Å². The molecule has 0 spiro atoms. The number of nitrogens with zero attached hydrogens (tertiary/aromatic N) is 7. The molecule has 14 nitrogen and oxygen atoms in total. The van der Waals surface area contributed by atoms with Crippen molar-refractivity contribution >= 4 is 23.0 Å². The Bertz CT molecular complexity index is 1980. The number of likely N-dealkylation sites (tertiary alicyclic amines) is 1. The number of pyridine rings is 1. The van der Waals surface area contributed by atoms with E-state index >= 15 is 0 Å². The van der Waals surface area contributed by atoms with Crippen LogP contribution in [0.25, 0.3) is 22.3 Å². The summed E-state index contributed by atoms with van der Waals surface area (Å²) in [6.07, 6.45) is -4.80. The van der Waals surface area contributed by atoms with Gasteiger partial charge >= 0.3 is 30.5 Å². The van der Waals surface area contributed by atoms with Crippen LogP contribution in [-0.2, 0) is 26.9 Å². The minimum atomic E-state index is -5.08. The van der Waals surface area contributed by atoms with Crippen molar-refractivity contribution in [3.63, 3.8) is 0 Å². The zero-order valence-corrected chi connectivity index (χ0v) is 29.2. The first-order chi connectivity index (χ1) is 25.8. The van der Waals surface area contributed by atoms with Crippen molar-refractivity contribution in [3.8, 4) is 23.2 Å². The average Bonchev–Trinajstić information content (AvgIpc) is 3.76. The molecule has 0 bridgehead atoms. The van der Waals surface area contributed by atoms with Gasteiger partial charge in [0.05, 0.1) is 30.0 Å². The lowest BCUT2D eigenvalue weighted by molar-refractivity contribution is -0.193. The molecule has 1 aliphatic carbocycles. The monoisotopic (exact) mass is 808 g/mol. The normalized spacial score (nSPS) is 18.7. The molecule has 0 radical (unpaired) electrons. The lowest BCUT2D eigenvalue weighted by Gasteiger charge is -2.53. The predicted octanol–water partition coefficient (Wildman–Crippen LogP) is 6.04. The molecular formula is C33H33F9N8O6. The molecule has 4 N–H and O–H groups in total. The van der Waals surface area contributed by atoms with Crippen molar-refractivity contribution in [2.45, 2.75) is 87.8 Å². The number of hydrogen-bond acceptors (Lipinski definition) is 10. The molecule has 4 aromatic rings. The van der Waals surface area contributed by atoms with Gasteiger partial charge in [-0.2, -0.15) is 49.9 Å². The first-order valence-corrected chi connectivity index (χ1v) is 16.4. The fourth-order valence-corrected chi connectivity index (χ4v) is 6.02. The molecule has 2 fully saturated rings. The van der Waals surface area contributed by atoms with Crippen LogP contribution in [0.5, 0.6) is 5.88 Å². The van der Waals surface area contributed by atoms with Gasteiger partial charge in [-0.15, -0.1) is 0 Å². The van der Waals surface area contributed by atoms with E-state index in [1.54, 1.807) is 6.20 Å². The molecular weight excluding hydrogens is 775 g/mol. The van der Waals surface area contributed by atoms with Crippen LogP contribution in [0.1, 0.15) is 57.2 Å². The van der Waals surface area contributed by atoms with Crippen molar-refractivity contribution in [1.29, 1.82) is 5.26 Å². The summed E-state index contributed by atoms with van der Waals surface area (Å²) < 4.78 is 112. The molecule has 304 valence electrons. The maximum absolute atomic E-state index is 13.4. The van der Waals surface area contributed by atoms with Gasteiger partial charge in [0.25, 0.3) is 0 Å². The SMILES string of the molecule is CC(C)(O)c1cc(O[C@H]2CC[C@@H](N3CC(CC#N)(n4cc(-c5ncnc6[nH]ccc56)cn4)C3)CC2)nc(C(F)(F)F)c1.O=C(O)C(F)(F)F.O=C(O)C(F)(F)F. The summed E-state index contributed by atoms with van der Waals surface area (Å²) >= 11 is 0. The zero-order valence-electron chi connectivity index (χ0n) is 29.2. The van der Waals surface area contributed by atoms with Gasteiger partial charge in [0.2, 0.25) is 5.88 Å². The highest BCUT2D eigenvalue weighted by Crippen LogP contribution is 2.39. The molecule has 4 aromatic heterocycles. The van der Waals surface area contributed by atoms with Crippen molar-refractivity contribution in [2.24, 2.45) is 0 Å². The van der Waals surface area contributed by atoms with Gasteiger partial charge in [-0.25, -0.2) is 24.5 Å². The number of aliphatic hydroxyl groups is 1. The van der Waals surface area contributed by atoms with E-state index < -0.39 is 47.3 Å². The highest BCUT2D eigenvalue weighted by Gasteiger charge is 2.48. The molecule has 23 heteroatoms. The number of aromatic amines is 1. The van der Waals surface area contributed by atoms with E-state index in [9.17, 15) is 49.9 Å². The van der Waals surface area contributed by atoms with Gasteiger partial charge in [0.1, 0.15) is 29.3 Å². The first-order valence-electron chi connectivity index (χ1n) is 16.4. The number of carboxylic acid groups (broad SMARTS) is 2. The number of fused-ring (bicyclic) bond motifs is 1. The van der Waals surface area contributed by atoms with Crippen molar-refractivity contribution < 1.29 is 69.2 Å². The Balaban J connectivity index is 0.000000425. The number of carbonyl (C=O) groups is 2. The van der Waals surface area contributed by atoms with Crippen LogP contribution >= 0.6 is 0 Å². The van der Waals surface area contributed by atoms with Crippen molar-refractivity contribution in [3.05, 3.63) is 54.4 Å². The summed E-state index contributed by atoms with van der Waals surface area (Å²) in [6.45, 7) is 4.20. The van der Waals surface area contributed by atoms with Crippen LogP contribution in [0.4, 0.5) is 39.5 Å². The van der Waals surface area contributed by atoms with Crippen molar-refractivity contribution in [2.75, 3.05) is 13.1 Å². The van der Waals surface area contributed by atoms with Crippen molar-refractivity contribution in [1.82, 2.24) is 34.6 Å². The molecule has 0 amide bonds. The van der Waals surface area contributed by atoms with Crippen LogP contribution in [0.15, 0.2) is 43.1 Å². The topological polar surface area (TPSA) is 203 Å². The minimum absolute atomic E-state index is 0.0990. The summed E-state index contributed by atoms with van der Waals surface area (Å²) in [6, 6.07) is 6.77. The van der Waals surface area contributed by atoms with E-state index in [1.165, 1.54) is 26.2 Å². The smallest absolute Gasteiger partial charge is 0.475 e. The lowest BCUT2D eigenvalue weighted by Crippen LogP contribution is -2.65. The third-order valence-corrected chi connectivity index (χ3v) is 8.83. The van der Waals surface area contributed by atoms with Crippen LogP contribution in [0, 0.1) is 11.3 Å². The highest BCUT2D eigenvalue weighted by molar-refractivity contribution is 5.90. The number of nitriles is 1. The average molecular weight is 809 g/mol. The number of aromatic nitrogens is 6. The molecule has 5 heterocycles. The van der Waals surface area contributed by atoms with Gasteiger partial charge in [0, 0.05) is 48.5 Å². The Hall–Kier alpha value is -5.50. The number of halogens is 9. The third-order valence-electron chi connectivity index (χ3n) is 8.83. The predicted molar refractivity (Wildman–Crippen MR) is 173 cm³/mol. The van der Waals surface area contributed by atoms with E-state index in [-0.39, 0.29) is 23.6 Å². The molecule has 0 aromatic carbocycles. The van der Waals surface area contributed by atoms with E-state index in [2.05, 4.69) is 36.0 Å². The number of aliphatic carboxylic acids is 2. The number of ether oxygens (including phenoxy) is 1. The van der Waals surface area contributed by atoms with Gasteiger partial charge in [-0.1, -0.05) is 0 Å². The van der Waals surface area contributed by atoms with Crippen LogP contribution in [0.3, 0.4) is 0 Å². The summed E-state index contributed by atoms with van der Waals surface area (Å²) in [7, 11) is 0. The van der Waals surface area contributed by atoms with Crippen LogP contribution < -0.4 is 4.74 Å². The van der Waals surface area contributed by atoms with E-state index in [4.69, 9.17) is 24.5 Å². The number of H-pyrrole nitrogens is 1. The number of hydrogen-bond donors (Lipinski definition) is 4. The molecule has 0 atom stereocenters. The summed E-state index contributed by atoms with van der Waals surface area (Å²) in [5.74, 6) is -5.64. The number of alkyl halides is 9. The van der Waals surface area contributed by atoms with Gasteiger partial charge in [-0.3, -0.25) is 9.58 Å². The maximum Gasteiger partial charge on any atom is 0.490 e. The molecule has 1 saturated heterocycles. The molecule has 6 rings (SSSR count). The van der Waals surface area contributed by atoms with Crippen LogP contribution in [0.2, 0.25) is 0 Å². The van der Waals surface area contributed by atoms with E-state index in [0.717, 1.165) is 41.2 Å². The van der Waals surface area contributed by atoms with Crippen LogP contribution in [-0.4, -0.2) is 99.5 Å². The second-order valence-electron chi connectivity index (χ2n) is 13.4. The fourth-order valence-electron chi connectivity index (χ4n) is 6.02. The zero-order chi connectivity index (χ0) is 41.9. The Labute approximate surface area is 310 Å². The fraction of sp³-hybridized carbons (Fsp3) is 0.485. The number of nitrogens with one attached hydrogen (secondary N) is 1. The van der Waals surface area contributed by atoms with Gasteiger partial charge in [-0.05, 0) is 57.2 Å². The molecule has 0 unspecified atom stereocenters. The van der Waals surface area contributed by atoms with Gasteiger partial charge in [0.15, 0.2) is 0 Å². The summed E-state index contributed by atoms with van der Waals surface area (Å²) in [5, 5.41) is 39.7. The quantitative estimate of drug-likeness (QED) is 0.158. The second kappa shape index (κ2) is 16.3. The first kappa shape index (κ1) is 43.2. The largest absolute Gasteiger partial charge is 0.490 e. The number of rotatable bonds is 7. The number of carboxylic acids is 2. The Kier molecular flexibility index (Phi) is 12.6. The molecule has 1 saturated carbocycles. The minimum Gasteiger partial charge on any atom is -0.475 e. The maximum atomic E-state index is 13.4. The molecule has 2 aliphatic rings. The third kappa shape index (κ3) is 10.6. The lowest BCUT2D eigenvalue weighted by atomic mass is 9.82. The second-order valence-corrected chi connectivity index (χ2v) is 13.4. The summed E-state index contributed by atoms with van der Waals surface area (Å²) in [4.78, 5) is 35.6. The molecule has 1 aliphatic heterocycles. The van der Waals surface area contributed by atoms with E-state index in [1.807, 2.05) is 23.1 Å². The summed E-state index contributed by atoms with van der Waals surface area (Å²) in [5.41, 5.74) is -0.521. The highest BCUT2D eigenvalue weighted by atomic mass is 19.4. The molecule has 56 heavy (non-hydrogen) atoms. The Morgan fingerprint density at radius 1 is 0.982 bits per heavy atom. The Morgan fingerprint density at radius 2 is 1.57 bits per heavy atom.